The molecule has 0 radical (unpaired) electrons. The van der Waals surface area contributed by atoms with Crippen LogP contribution in [0.5, 0.6) is 0 Å². The summed E-state index contributed by atoms with van der Waals surface area (Å²) in [6.07, 6.45) is 0.480. The zero-order valence-corrected chi connectivity index (χ0v) is 7.61. The fourth-order valence-electron chi connectivity index (χ4n) is 1.41. The van der Waals surface area contributed by atoms with Gasteiger partial charge in [0.1, 0.15) is 0 Å². The number of halogens is 2. The van der Waals surface area contributed by atoms with Crippen molar-refractivity contribution in [3.8, 4) is 0 Å². The van der Waals surface area contributed by atoms with E-state index in [0.717, 1.165) is 0 Å². The van der Waals surface area contributed by atoms with E-state index in [2.05, 4.69) is 0 Å². The smallest absolute Gasteiger partial charge is 0.255 e. The number of alkyl halides is 2. The summed E-state index contributed by atoms with van der Waals surface area (Å²) in [4.78, 5) is 1.91. The van der Waals surface area contributed by atoms with Gasteiger partial charge in [-0.2, -0.15) is 0 Å². The van der Waals surface area contributed by atoms with Gasteiger partial charge in [0.2, 0.25) is 0 Å². The number of rotatable bonds is 4. The average Bonchev–Trinajstić information content (AvgIpc) is 2.51. The van der Waals surface area contributed by atoms with Crippen molar-refractivity contribution in [3.05, 3.63) is 0 Å². The second-order valence-corrected chi connectivity index (χ2v) is 3.92. The maximum absolute atomic E-state index is 12.8. The Morgan fingerprint density at radius 2 is 1.92 bits per heavy atom. The first kappa shape index (κ1) is 9.86. The molecule has 0 heterocycles. The molecule has 1 fully saturated rings. The Kier molecular flexibility index (Phi) is 2.40. The summed E-state index contributed by atoms with van der Waals surface area (Å²) in [5, 5.41) is 0. The van der Waals surface area contributed by atoms with Crippen molar-refractivity contribution in [1.29, 1.82) is 0 Å². The first-order valence-corrected chi connectivity index (χ1v) is 4.16. The van der Waals surface area contributed by atoms with Gasteiger partial charge in [0.15, 0.2) is 0 Å². The molecule has 1 aliphatic rings. The van der Waals surface area contributed by atoms with E-state index in [4.69, 9.17) is 5.73 Å². The molecule has 4 heteroatoms. The standard InChI is InChI=1S/C8H16F2N2/c1-12(2)4-3-7(6-11)5-8(7,9)10/h3-6,11H2,1-2H3. The van der Waals surface area contributed by atoms with E-state index < -0.39 is 11.3 Å². The van der Waals surface area contributed by atoms with Crippen LogP contribution in [0.3, 0.4) is 0 Å². The molecule has 0 amide bonds. The van der Waals surface area contributed by atoms with Crippen LogP contribution in [0.4, 0.5) is 8.78 Å². The first-order chi connectivity index (χ1) is 5.43. The molecule has 1 aliphatic carbocycles. The summed E-state index contributed by atoms with van der Waals surface area (Å²) in [7, 11) is 3.76. The van der Waals surface area contributed by atoms with Crippen LogP contribution in [0.25, 0.3) is 0 Å². The minimum atomic E-state index is -2.50. The molecule has 2 N–H and O–H groups in total. The molecule has 1 rings (SSSR count). The maximum Gasteiger partial charge on any atom is 0.255 e. The van der Waals surface area contributed by atoms with Crippen LogP contribution < -0.4 is 5.73 Å². The SMILES string of the molecule is CN(C)CCC1(CN)CC1(F)F. The molecule has 0 bridgehead atoms. The third-order valence-electron chi connectivity index (χ3n) is 2.64. The normalized spacial score (nSPS) is 32.5. The molecular weight excluding hydrogens is 162 g/mol. The molecule has 72 valence electrons. The highest BCUT2D eigenvalue weighted by Crippen LogP contribution is 2.61. The van der Waals surface area contributed by atoms with Gasteiger partial charge in [-0.15, -0.1) is 0 Å². The maximum atomic E-state index is 12.8. The van der Waals surface area contributed by atoms with Gasteiger partial charge in [0, 0.05) is 13.0 Å². The number of hydrogen-bond donors (Lipinski definition) is 1. The van der Waals surface area contributed by atoms with Crippen molar-refractivity contribution < 1.29 is 8.78 Å². The second kappa shape index (κ2) is 2.92. The monoisotopic (exact) mass is 178 g/mol. The van der Waals surface area contributed by atoms with Gasteiger partial charge in [0.25, 0.3) is 5.92 Å². The first-order valence-electron chi connectivity index (χ1n) is 4.16. The number of hydrogen-bond acceptors (Lipinski definition) is 2. The molecule has 0 saturated heterocycles. The zero-order valence-electron chi connectivity index (χ0n) is 7.61. The highest BCUT2D eigenvalue weighted by atomic mass is 19.3. The van der Waals surface area contributed by atoms with Crippen LogP contribution in [0.15, 0.2) is 0 Å². The van der Waals surface area contributed by atoms with E-state index in [0.29, 0.717) is 13.0 Å². The van der Waals surface area contributed by atoms with E-state index in [9.17, 15) is 8.78 Å². The van der Waals surface area contributed by atoms with Crippen molar-refractivity contribution in [2.75, 3.05) is 27.2 Å². The fourth-order valence-corrected chi connectivity index (χ4v) is 1.41. The third-order valence-corrected chi connectivity index (χ3v) is 2.64. The van der Waals surface area contributed by atoms with Gasteiger partial charge < -0.3 is 10.6 Å². The molecular formula is C8H16F2N2. The quantitative estimate of drug-likeness (QED) is 0.693. The van der Waals surface area contributed by atoms with E-state index in [1.165, 1.54) is 0 Å². The summed E-state index contributed by atoms with van der Waals surface area (Å²) < 4.78 is 25.6. The van der Waals surface area contributed by atoms with E-state index in [1.54, 1.807) is 0 Å². The van der Waals surface area contributed by atoms with Crippen LogP contribution in [0.2, 0.25) is 0 Å². The fraction of sp³-hybridized carbons (Fsp3) is 1.00. The van der Waals surface area contributed by atoms with E-state index >= 15 is 0 Å². The van der Waals surface area contributed by atoms with Crippen molar-refractivity contribution in [3.63, 3.8) is 0 Å². The van der Waals surface area contributed by atoms with E-state index in [1.807, 2.05) is 19.0 Å². The van der Waals surface area contributed by atoms with Gasteiger partial charge in [0.05, 0.1) is 5.41 Å². The lowest BCUT2D eigenvalue weighted by Gasteiger charge is -2.16. The molecule has 2 nitrogen and oxygen atoms in total. The largest absolute Gasteiger partial charge is 0.330 e. The molecule has 1 atom stereocenters. The lowest BCUT2D eigenvalue weighted by molar-refractivity contribution is 0.0606. The van der Waals surface area contributed by atoms with Gasteiger partial charge in [-0.05, 0) is 27.1 Å². The third kappa shape index (κ3) is 1.59. The van der Waals surface area contributed by atoms with E-state index in [-0.39, 0.29) is 13.0 Å². The highest BCUT2D eigenvalue weighted by Gasteiger charge is 2.69. The molecule has 0 aromatic rings. The van der Waals surface area contributed by atoms with Crippen molar-refractivity contribution in [2.45, 2.75) is 18.8 Å². The average molecular weight is 178 g/mol. The second-order valence-electron chi connectivity index (χ2n) is 3.92. The predicted octanol–water partition coefficient (Wildman–Crippen LogP) is 0.922. The summed E-state index contributed by atoms with van der Waals surface area (Å²) in [5.41, 5.74) is 4.45. The van der Waals surface area contributed by atoms with Crippen molar-refractivity contribution in [1.82, 2.24) is 4.90 Å². The molecule has 0 aromatic carbocycles. The Labute approximate surface area is 71.7 Å². The summed E-state index contributed by atoms with van der Waals surface area (Å²) in [6.45, 7) is 0.792. The number of nitrogens with zero attached hydrogens (tertiary/aromatic N) is 1. The topological polar surface area (TPSA) is 29.3 Å². The molecule has 0 aromatic heterocycles. The minimum Gasteiger partial charge on any atom is -0.330 e. The van der Waals surface area contributed by atoms with Gasteiger partial charge in [-0.25, -0.2) is 8.78 Å². The van der Waals surface area contributed by atoms with Gasteiger partial charge in [-0.3, -0.25) is 0 Å². The van der Waals surface area contributed by atoms with Crippen LogP contribution >= 0.6 is 0 Å². The molecule has 0 aliphatic heterocycles. The van der Waals surface area contributed by atoms with Gasteiger partial charge in [-0.1, -0.05) is 0 Å². The van der Waals surface area contributed by atoms with Crippen LogP contribution in [-0.4, -0.2) is 38.0 Å². The highest BCUT2D eigenvalue weighted by molar-refractivity contribution is 5.10. The molecule has 12 heavy (non-hydrogen) atoms. The Morgan fingerprint density at radius 3 is 2.17 bits per heavy atom. The molecule has 0 spiro atoms. The lowest BCUT2D eigenvalue weighted by Crippen LogP contribution is -2.27. The summed E-state index contributed by atoms with van der Waals surface area (Å²) >= 11 is 0. The van der Waals surface area contributed by atoms with Crippen LogP contribution in [0, 0.1) is 5.41 Å². The Hall–Kier alpha value is -0.220. The number of nitrogens with two attached hydrogens (primary N) is 1. The Bertz CT molecular complexity index is 170. The zero-order chi connectivity index (χ0) is 9.41. The lowest BCUT2D eigenvalue weighted by atomic mass is 10.0. The Morgan fingerprint density at radius 1 is 1.42 bits per heavy atom. The minimum absolute atomic E-state index is 0.0235. The van der Waals surface area contributed by atoms with Gasteiger partial charge >= 0.3 is 0 Å². The van der Waals surface area contributed by atoms with Crippen molar-refractivity contribution >= 4 is 0 Å². The predicted molar refractivity (Wildman–Crippen MR) is 44.2 cm³/mol. The van der Waals surface area contributed by atoms with Crippen molar-refractivity contribution in [2.24, 2.45) is 11.1 Å². The Balaban J connectivity index is 2.40. The summed E-state index contributed by atoms with van der Waals surface area (Å²) in [5.74, 6) is -2.50. The summed E-state index contributed by atoms with van der Waals surface area (Å²) in [6, 6.07) is 0. The van der Waals surface area contributed by atoms with Crippen LogP contribution in [-0.2, 0) is 0 Å². The molecule has 1 unspecified atom stereocenters. The van der Waals surface area contributed by atoms with Crippen LogP contribution in [0.1, 0.15) is 12.8 Å². The molecule has 1 saturated carbocycles.